The number of carbonyl (C=O) groups is 3. The van der Waals surface area contributed by atoms with Crippen LogP contribution in [0.1, 0.15) is 32.0 Å². The number of aromatic carboxylic acids is 1. The molecule has 10 nitrogen and oxygen atoms in total. The second-order valence-corrected chi connectivity index (χ2v) is 8.00. The second-order valence-electron chi connectivity index (χ2n) is 8.00. The number of amides is 2. The Morgan fingerprint density at radius 2 is 1.73 bits per heavy atom. The number of anilines is 2. The Hall–Kier alpha value is -5.30. The topological polar surface area (TPSA) is 154 Å². The van der Waals surface area contributed by atoms with Crippen LogP contribution in [0.25, 0.3) is 10.9 Å². The van der Waals surface area contributed by atoms with Gasteiger partial charge in [-0.1, -0.05) is 18.2 Å². The molecule has 0 saturated carbocycles. The van der Waals surface area contributed by atoms with Crippen LogP contribution in [-0.2, 0) is 11.2 Å². The summed E-state index contributed by atoms with van der Waals surface area (Å²) in [5.74, 6) is -1.05. The van der Waals surface area contributed by atoms with Gasteiger partial charge in [0.15, 0.2) is 11.5 Å². The summed E-state index contributed by atoms with van der Waals surface area (Å²) >= 11 is 0. The van der Waals surface area contributed by atoms with E-state index in [4.69, 9.17) is 14.7 Å². The van der Waals surface area contributed by atoms with Crippen molar-refractivity contribution in [1.82, 2.24) is 4.98 Å². The molecule has 0 unspecified atom stereocenters. The summed E-state index contributed by atoms with van der Waals surface area (Å²) in [6.07, 6.45) is 0.0848. The minimum absolute atomic E-state index is 0.0543. The van der Waals surface area contributed by atoms with Gasteiger partial charge in [0.2, 0.25) is 5.91 Å². The number of nitrogens with one attached hydrogen (secondary N) is 3. The molecule has 2 amide bonds. The predicted octanol–water partition coefficient (Wildman–Crippen LogP) is 4.19. The van der Waals surface area contributed by atoms with E-state index in [1.807, 2.05) is 6.07 Å². The van der Waals surface area contributed by atoms with Gasteiger partial charge in [-0.15, -0.1) is 0 Å². The molecule has 0 saturated heterocycles. The number of carboxylic acid groups (broad SMARTS) is 1. The molecule has 0 radical (unpaired) electrons. The molecular weight excluding hydrogens is 476 g/mol. The number of ether oxygens (including phenoxy) is 2. The number of hydrogen-bond acceptors (Lipinski definition) is 6. The highest BCUT2D eigenvalue weighted by Gasteiger charge is 2.17. The molecule has 4 N–H and O–H groups in total. The maximum atomic E-state index is 12.9. The molecule has 37 heavy (non-hydrogen) atoms. The minimum Gasteiger partial charge on any atom is -0.493 e. The monoisotopic (exact) mass is 498 g/mol. The number of nitrogens with zero attached hydrogens (tertiary/aromatic N) is 1. The summed E-state index contributed by atoms with van der Waals surface area (Å²) in [4.78, 5) is 40.2. The summed E-state index contributed by atoms with van der Waals surface area (Å²) in [5, 5.41) is 24.6. The molecule has 4 rings (SSSR count). The lowest BCUT2D eigenvalue weighted by molar-refractivity contribution is -0.115. The van der Waals surface area contributed by atoms with Crippen molar-refractivity contribution in [3.63, 3.8) is 0 Å². The van der Waals surface area contributed by atoms with Crippen LogP contribution in [-0.4, -0.2) is 42.1 Å². The number of rotatable bonds is 8. The summed E-state index contributed by atoms with van der Waals surface area (Å²) in [6, 6.07) is 17.9. The molecule has 0 aliphatic rings. The Kier molecular flexibility index (Phi) is 7.06. The largest absolute Gasteiger partial charge is 0.493 e. The van der Waals surface area contributed by atoms with Crippen molar-refractivity contribution in [2.24, 2.45) is 0 Å². The van der Waals surface area contributed by atoms with Gasteiger partial charge in [-0.3, -0.25) is 9.59 Å². The van der Waals surface area contributed by atoms with Gasteiger partial charge in [-0.2, -0.15) is 5.26 Å². The smallest absolute Gasteiger partial charge is 0.337 e. The Bertz CT molecular complexity index is 1570. The fourth-order valence-corrected chi connectivity index (χ4v) is 3.84. The van der Waals surface area contributed by atoms with E-state index in [1.54, 1.807) is 42.5 Å². The highest BCUT2D eigenvalue weighted by atomic mass is 16.5. The maximum Gasteiger partial charge on any atom is 0.337 e. The normalized spacial score (nSPS) is 10.4. The van der Waals surface area contributed by atoms with E-state index in [9.17, 15) is 19.5 Å². The van der Waals surface area contributed by atoms with Gasteiger partial charge in [0.1, 0.15) is 5.69 Å². The number of nitriles is 1. The van der Waals surface area contributed by atoms with Crippen LogP contribution in [0.2, 0.25) is 0 Å². The minimum atomic E-state index is -1.27. The third kappa shape index (κ3) is 5.36. The number of aromatic amines is 1. The van der Waals surface area contributed by atoms with Crippen LogP contribution >= 0.6 is 0 Å². The molecule has 0 atom stereocenters. The first-order valence-corrected chi connectivity index (χ1v) is 11.0. The van der Waals surface area contributed by atoms with Crippen LogP contribution in [0.15, 0.2) is 60.7 Å². The molecule has 1 heterocycles. The number of methoxy groups -OCH3 is 2. The Labute approximate surface area is 211 Å². The average Bonchev–Trinajstić information content (AvgIpc) is 3.34. The standard InChI is InChI=1S/C27H22N4O6/c1-36-22-9-7-15(11-23(22)37-2)12-24(32)29-20-5-3-4-17-13-21(30-25(17)20)26(33)31-19-8-6-16(14-28)10-18(19)27(34)35/h3-11,13,30H,12H2,1-2H3,(H,29,32)(H,31,33)(H,34,35). The molecule has 0 bridgehead atoms. The van der Waals surface area contributed by atoms with Crippen LogP contribution in [0.5, 0.6) is 11.5 Å². The molecular formula is C27H22N4O6. The number of carbonyl (C=O) groups excluding carboxylic acids is 2. The van der Waals surface area contributed by atoms with Crippen LogP contribution in [0, 0.1) is 11.3 Å². The zero-order valence-corrected chi connectivity index (χ0v) is 19.9. The van der Waals surface area contributed by atoms with Crippen LogP contribution in [0.4, 0.5) is 11.4 Å². The maximum absolute atomic E-state index is 12.9. The van der Waals surface area contributed by atoms with E-state index >= 15 is 0 Å². The zero-order chi connectivity index (χ0) is 26.5. The fraction of sp³-hybridized carbons (Fsp3) is 0.111. The lowest BCUT2D eigenvalue weighted by Gasteiger charge is -2.10. The number of aromatic nitrogens is 1. The Balaban J connectivity index is 1.54. The highest BCUT2D eigenvalue weighted by Crippen LogP contribution is 2.29. The van der Waals surface area contributed by atoms with E-state index in [2.05, 4.69) is 15.6 Å². The molecule has 3 aromatic carbocycles. The van der Waals surface area contributed by atoms with E-state index in [1.165, 1.54) is 32.4 Å². The van der Waals surface area contributed by atoms with E-state index in [-0.39, 0.29) is 34.8 Å². The quantitative estimate of drug-likeness (QED) is 0.284. The third-order valence-corrected chi connectivity index (χ3v) is 5.61. The molecule has 1 aromatic heterocycles. The van der Waals surface area contributed by atoms with Gasteiger partial charge in [-0.05, 0) is 48.0 Å². The van der Waals surface area contributed by atoms with E-state index in [0.717, 1.165) is 5.56 Å². The average molecular weight is 498 g/mol. The molecule has 0 aliphatic heterocycles. The molecule has 186 valence electrons. The zero-order valence-electron chi connectivity index (χ0n) is 19.9. The molecule has 0 aliphatic carbocycles. The van der Waals surface area contributed by atoms with Crippen LogP contribution < -0.4 is 20.1 Å². The SMILES string of the molecule is COc1ccc(CC(=O)Nc2cccc3cc(C(=O)Nc4ccc(C#N)cc4C(=O)O)[nH]c23)cc1OC. The number of H-pyrrole nitrogens is 1. The van der Waals surface area contributed by atoms with Crippen molar-refractivity contribution in [1.29, 1.82) is 5.26 Å². The first-order chi connectivity index (χ1) is 17.8. The number of benzene rings is 3. The van der Waals surface area contributed by atoms with Gasteiger partial charge in [0, 0.05) is 5.39 Å². The molecule has 0 fully saturated rings. The number of hydrogen-bond donors (Lipinski definition) is 4. The Morgan fingerprint density at radius 1 is 0.946 bits per heavy atom. The lowest BCUT2D eigenvalue weighted by atomic mass is 10.1. The summed E-state index contributed by atoms with van der Waals surface area (Å²) in [7, 11) is 3.05. The van der Waals surface area contributed by atoms with Crippen molar-refractivity contribution in [2.75, 3.05) is 24.9 Å². The molecule has 10 heteroatoms. The first kappa shape index (κ1) is 24.8. The summed E-state index contributed by atoms with van der Waals surface area (Å²) in [5.41, 5.74) is 1.92. The first-order valence-electron chi connectivity index (χ1n) is 11.0. The van der Waals surface area contributed by atoms with Gasteiger partial charge in [-0.25, -0.2) is 4.79 Å². The van der Waals surface area contributed by atoms with E-state index in [0.29, 0.717) is 28.1 Å². The number of para-hydroxylation sites is 1. The lowest BCUT2D eigenvalue weighted by Crippen LogP contribution is -2.16. The van der Waals surface area contributed by atoms with Gasteiger partial charge in [0.05, 0.1) is 54.7 Å². The van der Waals surface area contributed by atoms with Crippen molar-refractivity contribution in [3.05, 3.63) is 83.0 Å². The second kappa shape index (κ2) is 10.5. The van der Waals surface area contributed by atoms with Crippen LogP contribution in [0.3, 0.4) is 0 Å². The predicted molar refractivity (Wildman–Crippen MR) is 136 cm³/mol. The van der Waals surface area contributed by atoms with E-state index < -0.39 is 11.9 Å². The number of carboxylic acids is 1. The number of fused-ring (bicyclic) bond motifs is 1. The van der Waals surface area contributed by atoms with Gasteiger partial charge < -0.3 is 30.2 Å². The fourth-order valence-electron chi connectivity index (χ4n) is 3.84. The summed E-state index contributed by atoms with van der Waals surface area (Å²) in [6.45, 7) is 0. The van der Waals surface area contributed by atoms with Gasteiger partial charge >= 0.3 is 5.97 Å². The highest BCUT2D eigenvalue weighted by molar-refractivity contribution is 6.10. The van der Waals surface area contributed by atoms with Crippen molar-refractivity contribution >= 4 is 40.1 Å². The molecule has 4 aromatic rings. The van der Waals surface area contributed by atoms with Gasteiger partial charge in [0.25, 0.3) is 5.91 Å². The van der Waals surface area contributed by atoms with Crippen molar-refractivity contribution < 1.29 is 29.0 Å². The van der Waals surface area contributed by atoms with Crippen molar-refractivity contribution in [2.45, 2.75) is 6.42 Å². The molecule has 0 spiro atoms. The summed E-state index contributed by atoms with van der Waals surface area (Å²) < 4.78 is 10.5. The Morgan fingerprint density at radius 3 is 2.43 bits per heavy atom. The van der Waals surface area contributed by atoms with Crippen molar-refractivity contribution in [3.8, 4) is 17.6 Å². The third-order valence-electron chi connectivity index (χ3n) is 5.61.